The van der Waals surface area contributed by atoms with Crippen molar-refractivity contribution in [3.05, 3.63) is 51.6 Å². The number of benzene rings is 1. The summed E-state index contributed by atoms with van der Waals surface area (Å²) in [6.07, 6.45) is -1.04. The van der Waals surface area contributed by atoms with E-state index in [9.17, 15) is 22.8 Å². The van der Waals surface area contributed by atoms with Crippen molar-refractivity contribution in [3.8, 4) is 5.88 Å². The molecule has 0 aliphatic carbocycles. The van der Waals surface area contributed by atoms with Gasteiger partial charge in [0.05, 0.1) is 0 Å². The minimum absolute atomic E-state index is 0.0875. The van der Waals surface area contributed by atoms with Crippen LogP contribution in [0.5, 0.6) is 5.88 Å². The fourth-order valence-corrected chi connectivity index (χ4v) is 6.12. The van der Waals surface area contributed by atoms with Gasteiger partial charge in [0, 0.05) is 32.5 Å². The van der Waals surface area contributed by atoms with Gasteiger partial charge in [0.15, 0.2) is 0 Å². The fourth-order valence-electron chi connectivity index (χ4n) is 4.55. The maximum Gasteiger partial charge on any atom is 0.353 e. The predicted octanol–water partition coefficient (Wildman–Crippen LogP) is 4.16. The first-order valence-electron chi connectivity index (χ1n) is 13.3. The zero-order chi connectivity index (χ0) is 29.9. The Kier molecular flexibility index (Phi) is 9.78. The van der Waals surface area contributed by atoms with Crippen molar-refractivity contribution in [2.45, 2.75) is 103 Å². The van der Waals surface area contributed by atoms with Crippen LogP contribution < -0.4 is 9.87 Å². The van der Waals surface area contributed by atoms with Crippen molar-refractivity contribution in [3.63, 3.8) is 0 Å². The second-order valence-electron chi connectivity index (χ2n) is 10.8. The molecule has 1 saturated heterocycles. The largest absolute Gasteiger partial charge is 0.463 e. The van der Waals surface area contributed by atoms with E-state index >= 15 is 0 Å². The van der Waals surface area contributed by atoms with Crippen molar-refractivity contribution in [2.75, 3.05) is 6.61 Å². The van der Waals surface area contributed by atoms with Gasteiger partial charge < -0.3 is 18.4 Å². The number of carbonyl (C=O) groups excluding carboxylic acids is 2. The molecule has 0 saturated carbocycles. The molecule has 3 atom stereocenters. The number of hydrogen-bond acceptors (Lipinski definition) is 10. The van der Waals surface area contributed by atoms with Crippen molar-refractivity contribution >= 4 is 22.1 Å². The quantitative estimate of drug-likeness (QED) is 0.298. The van der Waals surface area contributed by atoms with Crippen molar-refractivity contribution in [1.82, 2.24) is 9.55 Å². The van der Waals surface area contributed by atoms with Gasteiger partial charge >= 0.3 is 27.7 Å². The smallest absolute Gasteiger partial charge is 0.353 e. The summed E-state index contributed by atoms with van der Waals surface area (Å²) in [6.45, 7) is 14.1. The third kappa shape index (κ3) is 7.28. The monoisotopic (exact) mass is 578 g/mol. The highest BCUT2D eigenvalue weighted by Gasteiger charge is 2.40. The molecule has 2 heterocycles. The molecule has 1 aromatic carbocycles. The molecule has 220 valence electrons. The van der Waals surface area contributed by atoms with Crippen molar-refractivity contribution in [2.24, 2.45) is 0 Å². The van der Waals surface area contributed by atoms with Gasteiger partial charge in [0.1, 0.15) is 29.9 Å². The van der Waals surface area contributed by atoms with E-state index in [1.807, 2.05) is 53.7 Å². The number of carbonyl (C=O) groups is 2. The Morgan fingerprint density at radius 3 is 2.10 bits per heavy atom. The first kappa shape index (κ1) is 31.3. The molecule has 1 aromatic heterocycles. The molecule has 0 N–H and O–H groups in total. The highest BCUT2D eigenvalue weighted by atomic mass is 32.2. The summed E-state index contributed by atoms with van der Waals surface area (Å²) < 4.78 is 49.9. The van der Waals surface area contributed by atoms with E-state index in [2.05, 4.69) is 4.98 Å². The van der Waals surface area contributed by atoms with Gasteiger partial charge in [0.25, 0.3) is 0 Å². The first-order valence-corrected chi connectivity index (χ1v) is 14.7. The van der Waals surface area contributed by atoms with Crippen LogP contribution in [0.25, 0.3) is 0 Å². The number of hydrogen-bond donors (Lipinski definition) is 0. The van der Waals surface area contributed by atoms with E-state index in [1.54, 1.807) is 0 Å². The second kappa shape index (κ2) is 12.5. The number of ether oxygens (including phenoxy) is 3. The minimum atomic E-state index is -4.35. The van der Waals surface area contributed by atoms with Gasteiger partial charge in [0.2, 0.25) is 5.88 Å². The van der Waals surface area contributed by atoms with Crippen LogP contribution in [-0.4, -0.2) is 48.7 Å². The molecular formula is C28H38N2O9S. The number of esters is 2. The lowest BCUT2D eigenvalue weighted by Gasteiger charge is -2.22. The maximum absolute atomic E-state index is 13.6. The zero-order valence-electron chi connectivity index (χ0n) is 24.2. The number of nitrogens with zero attached hydrogens (tertiary/aromatic N) is 2. The molecule has 1 fully saturated rings. The normalized spacial score (nSPS) is 19.3. The van der Waals surface area contributed by atoms with Crippen LogP contribution in [0.2, 0.25) is 0 Å². The Labute approximate surface area is 234 Å². The third-order valence-electron chi connectivity index (χ3n) is 6.59. The fraction of sp³-hybridized carbons (Fsp3) is 0.571. The Bertz CT molecular complexity index is 1380. The van der Waals surface area contributed by atoms with Gasteiger partial charge in [-0.1, -0.05) is 53.7 Å². The lowest BCUT2D eigenvalue weighted by atomic mass is 9.89. The summed E-state index contributed by atoms with van der Waals surface area (Å²) in [5.41, 5.74) is 1.48. The molecule has 12 heteroatoms. The molecule has 40 heavy (non-hydrogen) atoms. The SMILES string of the molecule is CC(=O)OC[C@H]1O[C@@H](n2ccc(OS(=O)(=O)c3c(C(C)C)cc(C(C)C)cc3C(C)C)nc2=O)C[C@@H]1OC(C)=O. The van der Waals surface area contributed by atoms with Crippen LogP contribution in [0.15, 0.2) is 34.1 Å². The van der Waals surface area contributed by atoms with Crippen LogP contribution in [0.3, 0.4) is 0 Å². The lowest BCUT2D eigenvalue weighted by molar-refractivity contribution is -0.155. The van der Waals surface area contributed by atoms with Gasteiger partial charge in [-0.05, 0) is 34.4 Å². The summed E-state index contributed by atoms with van der Waals surface area (Å²) in [4.78, 5) is 39.6. The van der Waals surface area contributed by atoms with Crippen LogP contribution in [0.1, 0.15) is 102 Å². The Morgan fingerprint density at radius 1 is 1.02 bits per heavy atom. The average Bonchev–Trinajstić information content (AvgIpc) is 3.22. The Morgan fingerprint density at radius 2 is 1.62 bits per heavy atom. The molecular weight excluding hydrogens is 540 g/mol. The Hall–Kier alpha value is -3.25. The van der Waals surface area contributed by atoms with Gasteiger partial charge in [-0.2, -0.15) is 13.4 Å². The third-order valence-corrected chi connectivity index (χ3v) is 7.95. The van der Waals surface area contributed by atoms with E-state index in [1.165, 1.54) is 26.1 Å². The minimum Gasteiger partial charge on any atom is -0.463 e. The van der Waals surface area contributed by atoms with Crippen LogP contribution in [0, 0.1) is 0 Å². The molecule has 0 spiro atoms. The molecule has 2 aromatic rings. The van der Waals surface area contributed by atoms with E-state index in [4.69, 9.17) is 18.4 Å². The molecule has 0 amide bonds. The van der Waals surface area contributed by atoms with E-state index in [-0.39, 0.29) is 41.6 Å². The van der Waals surface area contributed by atoms with Crippen molar-refractivity contribution in [1.29, 1.82) is 0 Å². The van der Waals surface area contributed by atoms with E-state index < -0.39 is 46.2 Å². The summed E-state index contributed by atoms with van der Waals surface area (Å²) in [5, 5.41) is 0. The highest BCUT2D eigenvalue weighted by molar-refractivity contribution is 7.87. The van der Waals surface area contributed by atoms with Crippen molar-refractivity contribution < 1.29 is 36.4 Å². The van der Waals surface area contributed by atoms with E-state index in [0.29, 0.717) is 11.1 Å². The molecule has 3 rings (SSSR count). The highest BCUT2D eigenvalue weighted by Crippen LogP contribution is 2.36. The molecule has 0 unspecified atom stereocenters. The summed E-state index contributed by atoms with van der Waals surface area (Å²) >= 11 is 0. The van der Waals surface area contributed by atoms with Gasteiger partial charge in [-0.15, -0.1) is 0 Å². The summed E-state index contributed by atoms with van der Waals surface area (Å²) in [5.74, 6) is -1.47. The number of rotatable bonds is 10. The Balaban J connectivity index is 1.93. The molecule has 1 aliphatic rings. The topological polar surface area (TPSA) is 140 Å². The van der Waals surface area contributed by atoms with E-state index in [0.717, 1.165) is 10.1 Å². The second-order valence-corrected chi connectivity index (χ2v) is 12.3. The number of aromatic nitrogens is 2. The van der Waals surface area contributed by atoms with Crippen LogP contribution >= 0.6 is 0 Å². The summed E-state index contributed by atoms with van der Waals surface area (Å²) in [6, 6.07) is 5.05. The maximum atomic E-state index is 13.6. The molecule has 1 aliphatic heterocycles. The lowest BCUT2D eigenvalue weighted by Crippen LogP contribution is -2.31. The van der Waals surface area contributed by atoms with Gasteiger partial charge in [-0.3, -0.25) is 14.2 Å². The predicted molar refractivity (Wildman–Crippen MR) is 146 cm³/mol. The van der Waals surface area contributed by atoms with Crippen LogP contribution in [0.4, 0.5) is 0 Å². The molecule has 0 bridgehead atoms. The average molecular weight is 579 g/mol. The summed E-state index contributed by atoms with van der Waals surface area (Å²) in [7, 11) is -4.35. The first-order chi connectivity index (χ1) is 18.6. The molecule has 11 nitrogen and oxygen atoms in total. The van der Waals surface area contributed by atoms with Crippen LogP contribution in [-0.2, 0) is 33.9 Å². The zero-order valence-corrected chi connectivity index (χ0v) is 25.0. The molecule has 0 radical (unpaired) electrons. The standard InChI is InChI=1S/C28H38N2O9S/c1-15(2)20-11-21(16(3)4)27(22(12-20)17(5)6)40(34,35)39-25-9-10-30(28(33)29-25)26-13-23(37-19(8)32)24(38-26)14-36-18(7)31/h9-12,15-17,23-24,26H,13-14H2,1-8H3/t23-,24+,26+/m0/s1. The van der Waals surface area contributed by atoms with Gasteiger partial charge in [-0.25, -0.2) is 4.79 Å².